The highest BCUT2D eigenvalue weighted by Gasteiger charge is 2.21. The molecule has 7 heteroatoms. The number of nitrogens with zero attached hydrogens (tertiary/aromatic N) is 5. The van der Waals surface area contributed by atoms with Gasteiger partial charge in [-0.2, -0.15) is 4.98 Å². The van der Waals surface area contributed by atoms with Crippen molar-refractivity contribution in [1.29, 1.82) is 0 Å². The van der Waals surface area contributed by atoms with Crippen LogP contribution in [0.4, 0.5) is 11.8 Å². The van der Waals surface area contributed by atoms with Crippen molar-refractivity contribution in [3.8, 4) is 0 Å². The van der Waals surface area contributed by atoms with E-state index in [0.717, 1.165) is 55.7 Å². The third kappa shape index (κ3) is 3.04. The monoisotopic (exact) mass is 302 g/mol. The third-order valence-electron chi connectivity index (χ3n) is 4.12. The van der Waals surface area contributed by atoms with Crippen molar-refractivity contribution in [2.75, 3.05) is 36.8 Å². The van der Waals surface area contributed by atoms with E-state index < -0.39 is 0 Å². The minimum Gasteiger partial charge on any atom is -0.368 e. The van der Waals surface area contributed by atoms with E-state index in [1.54, 1.807) is 0 Å². The van der Waals surface area contributed by atoms with Crippen molar-refractivity contribution in [2.24, 2.45) is 0 Å². The molecule has 7 nitrogen and oxygen atoms in total. The lowest BCUT2D eigenvalue weighted by molar-refractivity contribution is 0.247. The first kappa shape index (κ1) is 14.8. The van der Waals surface area contributed by atoms with Gasteiger partial charge in [0.1, 0.15) is 11.6 Å². The van der Waals surface area contributed by atoms with Crippen LogP contribution in [0.15, 0.2) is 10.6 Å². The predicted molar refractivity (Wildman–Crippen MR) is 84.6 cm³/mol. The second-order valence-corrected chi connectivity index (χ2v) is 5.79. The molecule has 1 aliphatic heterocycles. The zero-order valence-corrected chi connectivity index (χ0v) is 13.3. The van der Waals surface area contributed by atoms with Crippen LogP contribution in [0, 0.1) is 20.8 Å². The highest BCUT2D eigenvalue weighted by atomic mass is 16.5. The van der Waals surface area contributed by atoms with Crippen molar-refractivity contribution >= 4 is 11.8 Å². The number of nitrogen functional groups attached to an aromatic ring is 1. The molecule has 0 spiro atoms. The largest absolute Gasteiger partial charge is 0.368 e. The Morgan fingerprint density at radius 1 is 1.14 bits per heavy atom. The highest BCUT2D eigenvalue weighted by Crippen LogP contribution is 2.19. The Hall–Kier alpha value is -2.15. The molecule has 2 N–H and O–H groups in total. The van der Waals surface area contributed by atoms with Crippen LogP contribution in [-0.2, 0) is 6.54 Å². The van der Waals surface area contributed by atoms with Crippen molar-refractivity contribution in [3.63, 3.8) is 0 Å². The summed E-state index contributed by atoms with van der Waals surface area (Å²) in [4.78, 5) is 13.1. The van der Waals surface area contributed by atoms with Crippen LogP contribution in [-0.4, -0.2) is 46.2 Å². The van der Waals surface area contributed by atoms with Crippen LogP contribution in [0.5, 0.6) is 0 Å². The first-order chi connectivity index (χ1) is 10.5. The lowest BCUT2D eigenvalue weighted by Gasteiger charge is -2.35. The lowest BCUT2D eigenvalue weighted by atomic mass is 10.2. The molecule has 0 aliphatic carbocycles. The van der Waals surface area contributed by atoms with Crippen LogP contribution < -0.4 is 10.6 Å². The van der Waals surface area contributed by atoms with Crippen LogP contribution in [0.3, 0.4) is 0 Å². The molecule has 118 valence electrons. The molecule has 0 radical (unpaired) electrons. The number of piperazine rings is 1. The van der Waals surface area contributed by atoms with Crippen molar-refractivity contribution in [2.45, 2.75) is 27.3 Å². The summed E-state index contributed by atoms with van der Waals surface area (Å²) in [5, 5.41) is 4.02. The number of aryl methyl sites for hydroxylation is 3. The van der Waals surface area contributed by atoms with Gasteiger partial charge in [0.25, 0.3) is 0 Å². The van der Waals surface area contributed by atoms with Gasteiger partial charge in [0, 0.05) is 50.0 Å². The van der Waals surface area contributed by atoms with Gasteiger partial charge in [-0.1, -0.05) is 5.16 Å². The number of hydrogen-bond donors (Lipinski definition) is 1. The van der Waals surface area contributed by atoms with E-state index in [0.29, 0.717) is 5.95 Å². The average Bonchev–Trinajstić information content (AvgIpc) is 2.79. The molecule has 22 heavy (non-hydrogen) atoms. The van der Waals surface area contributed by atoms with Gasteiger partial charge < -0.3 is 15.2 Å². The summed E-state index contributed by atoms with van der Waals surface area (Å²) in [7, 11) is 0. The van der Waals surface area contributed by atoms with Gasteiger partial charge >= 0.3 is 0 Å². The molecule has 0 unspecified atom stereocenters. The summed E-state index contributed by atoms with van der Waals surface area (Å²) in [6.07, 6.45) is 0. The lowest BCUT2D eigenvalue weighted by Crippen LogP contribution is -2.46. The van der Waals surface area contributed by atoms with Crippen molar-refractivity contribution < 1.29 is 4.52 Å². The van der Waals surface area contributed by atoms with Gasteiger partial charge in [-0.05, 0) is 20.8 Å². The van der Waals surface area contributed by atoms with Gasteiger partial charge in [-0.25, -0.2) is 4.98 Å². The molecule has 0 atom stereocenters. The summed E-state index contributed by atoms with van der Waals surface area (Å²) in [6.45, 7) is 10.6. The molecular weight excluding hydrogens is 280 g/mol. The smallest absolute Gasteiger partial charge is 0.222 e. The Morgan fingerprint density at radius 3 is 2.45 bits per heavy atom. The van der Waals surface area contributed by atoms with Gasteiger partial charge in [-0.15, -0.1) is 0 Å². The molecule has 0 bridgehead atoms. The molecule has 3 heterocycles. The average molecular weight is 302 g/mol. The number of hydrogen-bond acceptors (Lipinski definition) is 7. The quantitative estimate of drug-likeness (QED) is 0.914. The molecule has 1 saturated heterocycles. The predicted octanol–water partition coefficient (Wildman–Crippen LogP) is 1.29. The van der Waals surface area contributed by atoms with Gasteiger partial charge in [0.05, 0.1) is 5.69 Å². The molecule has 1 aliphatic rings. The number of rotatable bonds is 3. The van der Waals surface area contributed by atoms with Crippen LogP contribution in [0.25, 0.3) is 0 Å². The molecule has 2 aromatic heterocycles. The zero-order valence-electron chi connectivity index (χ0n) is 13.3. The molecular formula is C15H22N6O. The maximum absolute atomic E-state index is 5.74. The Labute approximate surface area is 130 Å². The first-order valence-electron chi connectivity index (χ1n) is 7.53. The SMILES string of the molecule is Cc1cc(N2CCN(Cc3c(C)noc3C)CC2)nc(N)n1. The summed E-state index contributed by atoms with van der Waals surface area (Å²) in [5.74, 6) is 2.18. The standard InChI is InChI=1S/C15H22N6O/c1-10-8-14(18-15(16)17-10)21-6-4-20(5-7-21)9-13-11(2)19-22-12(13)3/h8H,4-7,9H2,1-3H3,(H2,16,17,18). The number of nitrogens with two attached hydrogens (primary N) is 1. The molecule has 2 aromatic rings. The van der Waals surface area contributed by atoms with Crippen LogP contribution in [0.1, 0.15) is 22.7 Å². The minimum absolute atomic E-state index is 0.341. The normalized spacial score (nSPS) is 16.2. The molecule has 0 saturated carbocycles. The zero-order chi connectivity index (χ0) is 15.7. The van der Waals surface area contributed by atoms with E-state index >= 15 is 0 Å². The van der Waals surface area contributed by atoms with E-state index in [-0.39, 0.29) is 0 Å². The van der Waals surface area contributed by atoms with E-state index in [9.17, 15) is 0 Å². The maximum atomic E-state index is 5.74. The second-order valence-electron chi connectivity index (χ2n) is 5.79. The first-order valence-corrected chi connectivity index (χ1v) is 7.53. The van der Waals surface area contributed by atoms with E-state index in [4.69, 9.17) is 10.3 Å². The maximum Gasteiger partial charge on any atom is 0.222 e. The third-order valence-corrected chi connectivity index (χ3v) is 4.12. The van der Waals surface area contributed by atoms with E-state index in [1.165, 1.54) is 5.56 Å². The Bertz CT molecular complexity index is 620. The molecule has 3 rings (SSSR count). The second kappa shape index (κ2) is 5.92. The fourth-order valence-electron chi connectivity index (χ4n) is 2.82. The summed E-state index contributed by atoms with van der Waals surface area (Å²) < 4.78 is 5.24. The Balaban J connectivity index is 1.63. The van der Waals surface area contributed by atoms with Gasteiger partial charge in [0.2, 0.25) is 5.95 Å². The van der Waals surface area contributed by atoms with E-state index in [1.807, 2.05) is 26.8 Å². The molecule has 1 fully saturated rings. The molecule has 0 aromatic carbocycles. The minimum atomic E-state index is 0.341. The van der Waals surface area contributed by atoms with Crippen molar-refractivity contribution in [3.05, 3.63) is 28.8 Å². The van der Waals surface area contributed by atoms with Gasteiger partial charge in [-0.3, -0.25) is 4.90 Å². The van der Waals surface area contributed by atoms with Crippen LogP contribution in [0.2, 0.25) is 0 Å². The van der Waals surface area contributed by atoms with E-state index in [2.05, 4.69) is 24.9 Å². The topological polar surface area (TPSA) is 84.3 Å². The summed E-state index contributed by atoms with van der Waals surface area (Å²) >= 11 is 0. The highest BCUT2D eigenvalue weighted by molar-refractivity contribution is 5.43. The van der Waals surface area contributed by atoms with Crippen molar-refractivity contribution in [1.82, 2.24) is 20.0 Å². The fraction of sp³-hybridized carbons (Fsp3) is 0.533. The van der Waals surface area contributed by atoms with Crippen LogP contribution >= 0.6 is 0 Å². The summed E-state index contributed by atoms with van der Waals surface area (Å²) in [6, 6.07) is 1.99. The Kier molecular flexibility index (Phi) is 3.98. The van der Waals surface area contributed by atoms with Gasteiger partial charge in [0.15, 0.2) is 0 Å². The molecule has 0 amide bonds. The number of aromatic nitrogens is 3. The Morgan fingerprint density at radius 2 is 1.86 bits per heavy atom. The summed E-state index contributed by atoms with van der Waals surface area (Å²) in [5.41, 5.74) is 8.83. The number of anilines is 2. The fourth-order valence-corrected chi connectivity index (χ4v) is 2.82.